The fourth-order valence-corrected chi connectivity index (χ4v) is 2.50. The number of nitrogens with one attached hydrogen (secondary N) is 1. The van der Waals surface area contributed by atoms with Gasteiger partial charge in [-0.3, -0.25) is 4.79 Å². The van der Waals surface area contributed by atoms with E-state index in [2.05, 4.69) is 16.6 Å². The van der Waals surface area contributed by atoms with Crippen LogP contribution in [0.25, 0.3) is 0 Å². The second-order valence-electron chi connectivity index (χ2n) is 4.16. The Kier molecular flexibility index (Phi) is 3.49. The third kappa shape index (κ3) is 2.84. The predicted octanol–water partition coefficient (Wildman–Crippen LogP) is 2.14. The first kappa shape index (κ1) is 12.5. The number of anilines is 1. The molecule has 1 fully saturated rings. The standard InChI is InChI=1S/C11H14ClN3OS/c1-17-11(2-3-11)6-15-10-8(12)4-7(5-14-10)9(13)16/h4-5H,2-3,6H2,1H3,(H2,13,16)(H,14,15). The predicted molar refractivity (Wildman–Crippen MR) is 71.7 cm³/mol. The number of carbonyl (C=O) groups is 1. The van der Waals surface area contributed by atoms with Gasteiger partial charge in [0, 0.05) is 17.5 Å². The molecule has 1 aliphatic carbocycles. The molecular weight excluding hydrogens is 258 g/mol. The summed E-state index contributed by atoms with van der Waals surface area (Å²) in [6.45, 7) is 0.844. The van der Waals surface area contributed by atoms with Gasteiger partial charge < -0.3 is 11.1 Å². The van der Waals surface area contributed by atoms with Crippen LogP contribution in [0.3, 0.4) is 0 Å². The number of thioether (sulfide) groups is 1. The van der Waals surface area contributed by atoms with Crippen molar-refractivity contribution in [2.24, 2.45) is 5.73 Å². The maximum Gasteiger partial charge on any atom is 0.250 e. The highest BCUT2D eigenvalue weighted by Gasteiger charge is 2.41. The Labute approximate surface area is 109 Å². The van der Waals surface area contributed by atoms with Crippen LogP contribution in [0.15, 0.2) is 12.3 Å². The van der Waals surface area contributed by atoms with E-state index in [0.29, 0.717) is 21.2 Å². The fraction of sp³-hybridized carbons (Fsp3) is 0.455. The Bertz CT molecular complexity index is 448. The third-order valence-corrected chi connectivity index (χ3v) is 4.65. The van der Waals surface area contributed by atoms with Gasteiger partial charge in [-0.15, -0.1) is 0 Å². The topological polar surface area (TPSA) is 68.0 Å². The van der Waals surface area contributed by atoms with Crippen molar-refractivity contribution in [3.05, 3.63) is 22.8 Å². The number of aromatic nitrogens is 1. The van der Waals surface area contributed by atoms with Crippen molar-refractivity contribution >= 4 is 35.1 Å². The minimum atomic E-state index is -0.520. The van der Waals surface area contributed by atoms with Gasteiger partial charge in [0.1, 0.15) is 5.82 Å². The molecule has 6 heteroatoms. The van der Waals surface area contributed by atoms with Crippen molar-refractivity contribution in [1.29, 1.82) is 0 Å². The molecule has 0 saturated heterocycles. The van der Waals surface area contributed by atoms with Crippen molar-refractivity contribution in [3.8, 4) is 0 Å². The summed E-state index contributed by atoms with van der Waals surface area (Å²) in [7, 11) is 0. The highest BCUT2D eigenvalue weighted by atomic mass is 35.5. The van der Waals surface area contributed by atoms with Gasteiger partial charge >= 0.3 is 0 Å². The maximum atomic E-state index is 10.9. The molecule has 0 unspecified atom stereocenters. The van der Waals surface area contributed by atoms with Gasteiger partial charge in [0.2, 0.25) is 5.91 Å². The van der Waals surface area contributed by atoms with Crippen LogP contribution >= 0.6 is 23.4 Å². The molecule has 1 aromatic heterocycles. The summed E-state index contributed by atoms with van der Waals surface area (Å²) in [5, 5.41) is 3.65. The van der Waals surface area contributed by atoms with E-state index in [9.17, 15) is 4.79 Å². The summed E-state index contributed by atoms with van der Waals surface area (Å²) in [5.41, 5.74) is 5.47. The quantitative estimate of drug-likeness (QED) is 0.861. The van der Waals surface area contributed by atoms with Crippen LogP contribution in [0, 0.1) is 0 Å². The molecule has 0 aromatic carbocycles. The van der Waals surface area contributed by atoms with Crippen LogP contribution in [0.5, 0.6) is 0 Å². The van der Waals surface area contributed by atoms with Crippen LogP contribution in [0.4, 0.5) is 5.82 Å². The van der Waals surface area contributed by atoms with Crippen LogP contribution in [-0.2, 0) is 0 Å². The summed E-state index contributed by atoms with van der Waals surface area (Å²) in [5.74, 6) is 0.0886. The number of amides is 1. The zero-order valence-corrected chi connectivity index (χ0v) is 11.1. The summed E-state index contributed by atoms with van der Waals surface area (Å²) in [6.07, 6.45) is 5.99. The van der Waals surface area contributed by atoms with E-state index in [4.69, 9.17) is 17.3 Å². The lowest BCUT2D eigenvalue weighted by molar-refractivity contribution is 0.1000. The van der Waals surface area contributed by atoms with Crippen LogP contribution in [0.2, 0.25) is 5.02 Å². The van der Waals surface area contributed by atoms with Crippen molar-refractivity contribution in [2.45, 2.75) is 17.6 Å². The third-order valence-electron chi connectivity index (χ3n) is 2.94. The first-order valence-electron chi connectivity index (χ1n) is 5.31. The minimum Gasteiger partial charge on any atom is -0.367 e. The highest BCUT2D eigenvalue weighted by Crippen LogP contribution is 2.47. The summed E-state index contributed by atoms with van der Waals surface area (Å²) in [4.78, 5) is 15.0. The van der Waals surface area contributed by atoms with Crippen molar-refractivity contribution in [2.75, 3.05) is 18.1 Å². The molecule has 0 aliphatic heterocycles. The van der Waals surface area contributed by atoms with Gasteiger partial charge in [-0.25, -0.2) is 4.98 Å². The first-order chi connectivity index (χ1) is 8.06. The van der Waals surface area contributed by atoms with E-state index in [-0.39, 0.29) is 0 Å². The summed E-state index contributed by atoms with van der Waals surface area (Å²) >= 11 is 7.89. The fourth-order valence-electron chi connectivity index (χ4n) is 1.54. The van der Waals surface area contributed by atoms with E-state index < -0.39 is 5.91 Å². The number of hydrogen-bond acceptors (Lipinski definition) is 4. The number of pyridine rings is 1. The number of nitrogens with two attached hydrogens (primary N) is 1. The largest absolute Gasteiger partial charge is 0.367 e. The highest BCUT2D eigenvalue weighted by molar-refractivity contribution is 8.00. The average molecular weight is 272 g/mol. The molecule has 0 bridgehead atoms. The molecular formula is C11H14ClN3OS. The molecule has 0 radical (unpaired) electrons. The lowest BCUT2D eigenvalue weighted by Gasteiger charge is -2.14. The Balaban J connectivity index is 2.04. The Morgan fingerprint density at radius 3 is 2.88 bits per heavy atom. The lowest BCUT2D eigenvalue weighted by atomic mass is 10.2. The molecule has 1 amide bonds. The molecule has 3 N–H and O–H groups in total. The zero-order chi connectivity index (χ0) is 12.5. The number of halogens is 1. The van der Waals surface area contributed by atoms with E-state index >= 15 is 0 Å². The average Bonchev–Trinajstić information content (AvgIpc) is 3.08. The normalized spacial score (nSPS) is 16.6. The van der Waals surface area contributed by atoms with E-state index in [1.807, 2.05) is 11.8 Å². The molecule has 17 heavy (non-hydrogen) atoms. The molecule has 1 aliphatic rings. The van der Waals surface area contributed by atoms with Crippen LogP contribution < -0.4 is 11.1 Å². The van der Waals surface area contributed by atoms with Crippen molar-refractivity contribution < 1.29 is 4.79 Å². The second kappa shape index (κ2) is 4.74. The molecule has 0 spiro atoms. The number of rotatable bonds is 5. The van der Waals surface area contributed by atoms with E-state index in [1.54, 1.807) is 0 Å². The summed E-state index contributed by atoms with van der Waals surface area (Å²) in [6, 6.07) is 1.54. The minimum absolute atomic E-state index is 0.326. The Morgan fingerprint density at radius 1 is 1.71 bits per heavy atom. The smallest absolute Gasteiger partial charge is 0.250 e. The number of hydrogen-bond donors (Lipinski definition) is 2. The molecule has 1 aromatic rings. The van der Waals surface area contributed by atoms with Crippen LogP contribution in [0.1, 0.15) is 23.2 Å². The van der Waals surface area contributed by atoms with Gasteiger partial charge in [0.15, 0.2) is 0 Å². The Hall–Kier alpha value is -0.940. The first-order valence-corrected chi connectivity index (χ1v) is 6.91. The van der Waals surface area contributed by atoms with E-state index in [1.165, 1.54) is 25.1 Å². The summed E-state index contributed by atoms with van der Waals surface area (Å²) < 4.78 is 0.341. The zero-order valence-electron chi connectivity index (χ0n) is 9.50. The van der Waals surface area contributed by atoms with Gasteiger partial charge in [0.25, 0.3) is 0 Å². The van der Waals surface area contributed by atoms with Gasteiger partial charge in [-0.2, -0.15) is 11.8 Å². The molecule has 1 saturated carbocycles. The SMILES string of the molecule is CSC1(CNc2ncc(C(N)=O)cc2Cl)CC1. The Morgan fingerprint density at radius 2 is 2.41 bits per heavy atom. The monoisotopic (exact) mass is 271 g/mol. The number of primary amides is 1. The second-order valence-corrected chi connectivity index (χ2v) is 5.84. The van der Waals surface area contributed by atoms with Crippen LogP contribution in [-0.4, -0.2) is 28.4 Å². The van der Waals surface area contributed by atoms with Gasteiger partial charge in [-0.05, 0) is 25.2 Å². The molecule has 1 heterocycles. The maximum absolute atomic E-state index is 10.9. The van der Waals surface area contributed by atoms with Crippen molar-refractivity contribution in [3.63, 3.8) is 0 Å². The van der Waals surface area contributed by atoms with E-state index in [0.717, 1.165) is 6.54 Å². The lowest BCUT2D eigenvalue weighted by Crippen LogP contribution is -2.18. The number of carbonyl (C=O) groups excluding carboxylic acids is 1. The molecule has 4 nitrogen and oxygen atoms in total. The molecule has 92 valence electrons. The molecule has 2 rings (SSSR count). The van der Waals surface area contributed by atoms with Gasteiger partial charge in [-0.1, -0.05) is 11.6 Å². The van der Waals surface area contributed by atoms with Gasteiger partial charge in [0.05, 0.1) is 10.6 Å². The van der Waals surface area contributed by atoms with Crippen molar-refractivity contribution in [1.82, 2.24) is 4.98 Å². The number of nitrogens with zero attached hydrogens (tertiary/aromatic N) is 1. The molecule has 0 atom stereocenters.